The van der Waals surface area contributed by atoms with Crippen molar-refractivity contribution in [3.05, 3.63) is 97.2 Å². The lowest BCUT2D eigenvalue weighted by Gasteiger charge is -2.21. The zero-order valence-corrected chi connectivity index (χ0v) is 69.1. The van der Waals surface area contributed by atoms with Crippen LogP contribution in [0.15, 0.2) is 97.2 Å². The highest BCUT2D eigenvalue weighted by atomic mass is 31.2. The second-order valence-corrected chi connectivity index (χ2v) is 31.3. The first-order chi connectivity index (χ1) is 51.7. The van der Waals surface area contributed by atoms with Crippen molar-refractivity contribution in [3.63, 3.8) is 0 Å². The number of phosphoric ester groups is 2. The minimum atomic E-state index is -5.00. The molecule has 19 heteroatoms. The van der Waals surface area contributed by atoms with Gasteiger partial charge in [0.25, 0.3) is 0 Å². The summed E-state index contributed by atoms with van der Waals surface area (Å²) in [6.45, 7) is 4.77. The Kier molecular flexibility index (Phi) is 76.1. The van der Waals surface area contributed by atoms with Gasteiger partial charge in [0, 0.05) is 25.7 Å². The van der Waals surface area contributed by atoms with E-state index < -0.39 is 97.5 Å². The fourth-order valence-corrected chi connectivity index (χ4v) is 13.1. The van der Waals surface area contributed by atoms with Gasteiger partial charge in [-0.25, -0.2) is 9.13 Å². The van der Waals surface area contributed by atoms with Crippen molar-refractivity contribution < 1.29 is 80.2 Å². The second kappa shape index (κ2) is 79.1. The van der Waals surface area contributed by atoms with Gasteiger partial charge in [-0.15, -0.1) is 0 Å². The lowest BCUT2D eigenvalue weighted by Crippen LogP contribution is -2.30. The van der Waals surface area contributed by atoms with E-state index in [-0.39, 0.29) is 25.7 Å². The van der Waals surface area contributed by atoms with Crippen LogP contribution in [0.25, 0.3) is 0 Å². The van der Waals surface area contributed by atoms with E-state index in [0.29, 0.717) is 38.5 Å². The van der Waals surface area contributed by atoms with Crippen LogP contribution in [0.4, 0.5) is 0 Å². The highest BCUT2D eigenvalue weighted by Crippen LogP contribution is 2.45. The average molecular weight is 1530 g/mol. The molecule has 0 rings (SSSR count). The molecule has 0 aromatic carbocycles. The van der Waals surface area contributed by atoms with E-state index in [1.54, 1.807) is 0 Å². The van der Waals surface area contributed by atoms with Crippen molar-refractivity contribution in [2.75, 3.05) is 39.6 Å². The van der Waals surface area contributed by atoms with E-state index in [1.807, 2.05) is 24.3 Å². The Bertz CT molecular complexity index is 2380. The van der Waals surface area contributed by atoms with Crippen molar-refractivity contribution in [1.82, 2.24) is 0 Å². The number of hydrogen-bond acceptors (Lipinski definition) is 15. The number of ether oxygens (including phenoxy) is 4. The second-order valence-electron chi connectivity index (χ2n) is 28.4. The molecule has 614 valence electrons. The van der Waals surface area contributed by atoms with Crippen LogP contribution in [-0.2, 0) is 65.4 Å². The Balaban J connectivity index is 5.44. The summed E-state index contributed by atoms with van der Waals surface area (Å²) in [4.78, 5) is 73.1. The van der Waals surface area contributed by atoms with Crippen LogP contribution in [0.2, 0.25) is 0 Å². The quantitative estimate of drug-likeness (QED) is 0.0169. The minimum absolute atomic E-state index is 0.00789. The summed E-state index contributed by atoms with van der Waals surface area (Å²) in [6, 6.07) is 0. The monoisotopic (exact) mass is 1530 g/mol. The third-order valence-corrected chi connectivity index (χ3v) is 20.0. The molecule has 0 bridgehead atoms. The summed E-state index contributed by atoms with van der Waals surface area (Å²) in [7, 11) is -9.99. The van der Waals surface area contributed by atoms with Crippen LogP contribution < -0.4 is 0 Å². The standard InChI is InChI=1S/C87H154O17P2/c1-5-9-13-17-21-25-29-33-37-40-44-48-52-56-60-64-68-72-85(90)98-78-83(104-87(92)74-70-66-62-58-54-50-46-42-39-35-31-27-23-19-15-11-7-3)80-102-106(95,96)100-76-81(88)75-99-105(93,94)101-79-82(77-97-84(89)71-67-63-59-55-51-47-43-36-32-28-24-20-16-12-8-4)103-86(91)73-69-65-61-57-53-49-45-41-38-34-30-26-22-18-14-10-6-2/h21,23,25,27,33,35,37,39,44,46,48,50,56,58,60,62,81-83,88H,5-20,22,24,26,28-32,34,36,38,40-43,45,47,49,51-55,57,59,61,63-80H2,1-4H3,(H,93,94)(H,95,96)/b25-21-,27-23-,37-33-,39-35-,48-44-,50-46-,60-56-,62-58-/t81-,82-,83-/m1/s1. The number of rotatable bonds is 80. The topological polar surface area (TPSA) is 237 Å². The van der Waals surface area contributed by atoms with Gasteiger partial charge < -0.3 is 33.8 Å². The Hall–Kier alpha value is -4.02. The van der Waals surface area contributed by atoms with Crippen LogP contribution in [-0.4, -0.2) is 96.7 Å². The van der Waals surface area contributed by atoms with Gasteiger partial charge in [0.2, 0.25) is 0 Å². The predicted molar refractivity (Wildman–Crippen MR) is 436 cm³/mol. The molecule has 0 radical (unpaired) electrons. The third-order valence-electron chi connectivity index (χ3n) is 18.1. The summed E-state index contributed by atoms with van der Waals surface area (Å²) in [6.07, 6.45) is 85.3. The van der Waals surface area contributed by atoms with Gasteiger partial charge in [0.15, 0.2) is 12.2 Å². The van der Waals surface area contributed by atoms with Crippen molar-refractivity contribution in [2.24, 2.45) is 0 Å². The number of esters is 4. The summed E-state index contributed by atoms with van der Waals surface area (Å²) in [5, 5.41) is 10.7. The SMILES string of the molecule is CCCCC/C=C\C/C=C\C/C=C\C/C=C\CCCC(=O)OC[C@H](COP(=O)(O)OC[C@H](O)COP(=O)(O)OC[C@@H](COC(=O)CCCCCCCCCCCCCCCCC)OC(=O)CCCCCCCCCCCCCCCCCCC)OC(=O)CCC/C=C\C/C=C\C/C=C\C/C=C\CCCCC. The fraction of sp³-hybridized carbons (Fsp3) is 0.770. The van der Waals surface area contributed by atoms with Gasteiger partial charge in [-0.05, 0) is 103 Å². The molecule has 106 heavy (non-hydrogen) atoms. The van der Waals surface area contributed by atoms with E-state index in [2.05, 4.69) is 101 Å². The largest absolute Gasteiger partial charge is 0.472 e. The van der Waals surface area contributed by atoms with E-state index in [4.69, 9.17) is 37.0 Å². The summed E-state index contributed by atoms with van der Waals surface area (Å²) >= 11 is 0. The minimum Gasteiger partial charge on any atom is -0.462 e. The molecular weight excluding hydrogens is 1380 g/mol. The molecule has 0 aliphatic rings. The molecule has 0 amide bonds. The van der Waals surface area contributed by atoms with Gasteiger partial charge in [-0.3, -0.25) is 37.3 Å². The van der Waals surface area contributed by atoms with Crippen LogP contribution in [0.1, 0.15) is 374 Å². The number of carbonyl (C=O) groups is 4. The van der Waals surface area contributed by atoms with Crippen molar-refractivity contribution in [2.45, 2.75) is 393 Å². The molecule has 2 unspecified atom stereocenters. The Morgan fingerprint density at radius 3 is 0.755 bits per heavy atom. The summed E-state index contributed by atoms with van der Waals surface area (Å²) in [5.74, 6) is -2.28. The molecule has 0 aliphatic carbocycles. The number of unbranched alkanes of at least 4 members (excludes halogenated alkanes) is 38. The van der Waals surface area contributed by atoms with Crippen molar-refractivity contribution in [1.29, 1.82) is 0 Å². The van der Waals surface area contributed by atoms with E-state index in [9.17, 15) is 43.2 Å². The zero-order chi connectivity index (χ0) is 77.4. The highest BCUT2D eigenvalue weighted by molar-refractivity contribution is 7.47. The maximum Gasteiger partial charge on any atom is 0.472 e. The maximum atomic E-state index is 13.1. The number of aliphatic hydroxyl groups is 1. The van der Waals surface area contributed by atoms with E-state index in [0.717, 1.165) is 96.3 Å². The highest BCUT2D eigenvalue weighted by Gasteiger charge is 2.30. The molecule has 0 heterocycles. The Morgan fingerprint density at radius 2 is 0.472 bits per heavy atom. The summed E-state index contributed by atoms with van der Waals surface area (Å²) < 4.78 is 68.7. The maximum absolute atomic E-state index is 13.1. The summed E-state index contributed by atoms with van der Waals surface area (Å²) in [5.41, 5.74) is 0. The number of allylic oxidation sites excluding steroid dienone is 16. The molecule has 0 aromatic heterocycles. The van der Waals surface area contributed by atoms with Crippen molar-refractivity contribution >= 4 is 39.5 Å². The third kappa shape index (κ3) is 78.1. The van der Waals surface area contributed by atoms with Crippen LogP contribution >= 0.6 is 15.6 Å². The first kappa shape index (κ1) is 102. The molecule has 0 aromatic rings. The van der Waals surface area contributed by atoms with Gasteiger partial charge in [0.1, 0.15) is 19.3 Å². The smallest absolute Gasteiger partial charge is 0.462 e. The molecule has 3 N–H and O–H groups in total. The number of phosphoric acid groups is 2. The molecule has 0 aliphatic heterocycles. The average Bonchev–Trinajstić information content (AvgIpc) is 0.905. The van der Waals surface area contributed by atoms with Crippen LogP contribution in [0.5, 0.6) is 0 Å². The Morgan fingerprint density at radius 1 is 0.264 bits per heavy atom. The van der Waals surface area contributed by atoms with Crippen LogP contribution in [0.3, 0.4) is 0 Å². The normalized spacial score (nSPS) is 14.3. The first-order valence-corrected chi connectivity index (χ1v) is 45.5. The zero-order valence-electron chi connectivity index (χ0n) is 67.3. The first-order valence-electron chi connectivity index (χ1n) is 42.5. The van der Waals surface area contributed by atoms with Crippen LogP contribution in [0, 0.1) is 0 Å². The van der Waals surface area contributed by atoms with Gasteiger partial charge in [-0.1, -0.05) is 343 Å². The van der Waals surface area contributed by atoms with E-state index in [1.165, 1.54) is 186 Å². The molecule has 0 saturated heterocycles. The molecule has 5 atom stereocenters. The fourth-order valence-electron chi connectivity index (χ4n) is 11.6. The molecule has 0 spiro atoms. The molecule has 0 fully saturated rings. The van der Waals surface area contributed by atoms with Crippen molar-refractivity contribution in [3.8, 4) is 0 Å². The number of aliphatic hydroxyl groups excluding tert-OH is 1. The lowest BCUT2D eigenvalue weighted by atomic mass is 10.0. The number of hydrogen-bond donors (Lipinski definition) is 3. The van der Waals surface area contributed by atoms with Gasteiger partial charge >= 0.3 is 39.5 Å². The predicted octanol–water partition coefficient (Wildman–Crippen LogP) is 25.1. The molecular formula is C87H154O17P2. The van der Waals surface area contributed by atoms with Gasteiger partial charge in [0.05, 0.1) is 26.4 Å². The lowest BCUT2D eigenvalue weighted by molar-refractivity contribution is -0.161. The number of carbonyl (C=O) groups excluding carboxylic acids is 4. The van der Waals surface area contributed by atoms with Gasteiger partial charge in [-0.2, -0.15) is 0 Å². The Labute approximate surface area is 646 Å². The molecule has 0 saturated carbocycles. The molecule has 17 nitrogen and oxygen atoms in total. The van der Waals surface area contributed by atoms with E-state index >= 15 is 0 Å².